The molecule has 4 nitrogen and oxygen atoms in total. The number of benzene rings is 8. The Morgan fingerprint density at radius 1 is 0.309 bits per heavy atom. The number of halogens is 3. The predicted octanol–water partition coefficient (Wildman–Crippen LogP) is 25.5. The van der Waals surface area contributed by atoms with Gasteiger partial charge in [0, 0.05) is 110 Å². The number of aromatic nitrogens is 4. The number of pyridine rings is 4. The third-order valence-corrected chi connectivity index (χ3v) is 19.5. The number of hydrogen-bond donors (Lipinski definition) is 0. The molecule has 0 aliphatic carbocycles. The van der Waals surface area contributed by atoms with Crippen LogP contribution in [0.3, 0.4) is 0 Å². The number of aryl methyl sites for hydroxylation is 21. The third-order valence-electron chi connectivity index (χ3n) is 19.5. The summed E-state index contributed by atoms with van der Waals surface area (Å²) in [6.07, 6.45) is -4.22. The van der Waals surface area contributed by atoms with Gasteiger partial charge in [-0.05, 0) is 300 Å². The van der Waals surface area contributed by atoms with Crippen molar-refractivity contribution >= 4 is 0 Å². The molecular weight excluding hydrogens is 1350 g/mol. The van der Waals surface area contributed by atoms with Crippen LogP contribution in [-0.4, -0.2) is 6.18 Å². The third kappa shape index (κ3) is 20.4. The second kappa shape index (κ2) is 34.6. The smallest absolute Gasteiger partial charge is 0.201 e. The minimum atomic E-state index is -4.79. The molecule has 0 radical (unpaired) electrons. The Morgan fingerprint density at radius 3 is 0.855 bits per heavy atom. The average Bonchev–Trinajstić information content (AvgIpc) is 0.737. The molecular formula is C103H123F3N4+4. The first-order valence-electron chi connectivity index (χ1n) is 51.6. The highest BCUT2D eigenvalue weighted by molar-refractivity contribution is 5.80. The molecule has 0 saturated carbocycles. The first-order chi connectivity index (χ1) is 63.5. The van der Waals surface area contributed by atoms with Crippen LogP contribution in [0.15, 0.2) is 195 Å². The van der Waals surface area contributed by atoms with E-state index in [2.05, 4.69) is 0 Å². The number of hydrogen-bond acceptors (Lipinski definition) is 0. The summed E-state index contributed by atoms with van der Waals surface area (Å²) in [6.45, 7) is 8.73. The van der Waals surface area contributed by atoms with Crippen LogP contribution < -0.4 is 18.3 Å². The van der Waals surface area contributed by atoms with Crippen molar-refractivity contribution in [2.45, 2.75) is 191 Å². The van der Waals surface area contributed by atoms with Crippen molar-refractivity contribution in [1.29, 1.82) is 0 Å². The van der Waals surface area contributed by atoms with Crippen molar-refractivity contribution in [3.8, 4) is 89.5 Å². The first kappa shape index (κ1) is 51.6. The molecule has 0 aliphatic rings. The molecule has 0 fully saturated rings. The van der Waals surface area contributed by atoms with Crippen molar-refractivity contribution < 1.29 is 72.6 Å². The lowest BCUT2D eigenvalue weighted by Crippen LogP contribution is -2.34. The van der Waals surface area contributed by atoms with Gasteiger partial charge in [0.25, 0.3) is 0 Å². The van der Waals surface area contributed by atoms with E-state index in [0.717, 1.165) is 75.4 Å². The fraction of sp³-hybridized carbons (Fsp3) is 0.340. The van der Waals surface area contributed by atoms with Crippen molar-refractivity contribution in [3.05, 3.63) is 306 Å². The van der Waals surface area contributed by atoms with Crippen molar-refractivity contribution in [2.24, 2.45) is 44.9 Å². The van der Waals surface area contributed by atoms with E-state index in [1.54, 1.807) is 171 Å². The molecule has 0 bridgehead atoms. The SMILES string of the molecule is [2H]C([2H])([2H])c1c[n+](C)c(-c2cc(-c3ccc(C([2H])([2H])C(C)(C)C(F)(F)F)cc3)c(C([2H])([2H])[2H])cc2C)cc1C.[2H]C([2H])([2H])c1c[n+](C)c(-c2cc(-c3ccc(C([2H])([2H])C(C)(C)C)cc3)c(C([2H])([2H])[2H])cc2C)cc1C.[2H]C([2H])([2H])c1c[n+](C)c(-c2cc(-c3ccc(C([2H])([2H])C(C)C)cc3)c(C([2H])([2H])[2H])cc2C)cc1C.[2H]C([2H])([2H])c1c[n+](C)c(-c2cc(-c3cccc(C)c3)c(C([2H])([2H])[2H])cc2C)cc1C. The number of rotatable bonds is 13. The van der Waals surface area contributed by atoms with Crippen LogP contribution in [0.1, 0.15) is 201 Å². The van der Waals surface area contributed by atoms with Gasteiger partial charge in [-0.25, -0.2) is 18.3 Å². The Morgan fingerprint density at radius 2 is 0.591 bits per heavy atom. The van der Waals surface area contributed by atoms with Crippen LogP contribution in [0.5, 0.6) is 0 Å². The molecule has 110 heavy (non-hydrogen) atoms. The predicted molar refractivity (Wildman–Crippen MR) is 460 cm³/mol. The minimum Gasteiger partial charge on any atom is -0.201 e. The molecule has 12 rings (SSSR count). The standard InChI is InChI=1S/C27H31F3N.C27H34N.C26H32N.C23H26N/c1-17-13-25(31(7)16-20(17)4)24-14-23(18(2)12-19(24)3)22-10-8-21(9-11-22)15-26(5,6)27(28,29)30;1-18-14-26(28(8)17-21(18)4)25-15-24(19(2)13-20(25)3)23-11-9-22(10-12-23)16-27(5,6)7;1-17(2)12-22-8-10-23(11-9-22)24-15-25(20(5)13-19(24)4)26-14-18(3)21(6)16-27(26)7;1-15-8-7-9-20(10-15)21-13-22(18(4)11-17(21)3)23-12-16(2)19(5)14-24(23)6/h8-14,16H,15H2,1-7H3;9-15,17H,16H2,1-8H3;8-11,13-17H,12H2,1-7H3;7-14H,1-6H3/q4*+1/i2D3,4D3,15D2;2D3,4D3,16D2;4D3,6D3,12D2;3D3,5D3. The van der Waals surface area contributed by atoms with Gasteiger partial charge in [0.2, 0.25) is 22.8 Å². The second-order valence-corrected chi connectivity index (χ2v) is 30.8. The van der Waals surface area contributed by atoms with Crippen molar-refractivity contribution in [2.75, 3.05) is 0 Å². The zero-order chi connectivity index (χ0) is 106. The summed E-state index contributed by atoms with van der Waals surface area (Å²) >= 11 is 0. The molecule has 0 saturated heterocycles. The van der Waals surface area contributed by atoms with Gasteiger partial charge < -0.3 is 0 Å². The molecule has 0 atom stereocenters. The quantitative estimate of drug-likeness (QED) is 0.102. The zero-order valence-electron chi connectivity index (χ0n) is 97.0. The summed E-state index contributed by atoms with van der Waals surface area (Å²) in [5.74, 6) is -0.210. The van der Waals surface area contributed by atoms with Crippen molar-refractivity contribution in [1.82, 2.24) is 0 Å². The number of alkyl halides is 3. The molecule has 0 spiro atoms. The van der Waals surface area contributed by atoms with Crippen molar-refractivity contribution in [3.63, 3.8) is 0 Å². The monoisotopic (exact) mass is 1500 g/mol. The topological polar surface area (TPSA) is 15.5 Å². The average molecular weight is 1500 g/mol. The van der Waals surface area contributed by atoms with E-state index in [9.17, 15) is 13.2 Å². The second-order valence-electron chi connectivity index (χ2n) is 30.8. The van der Waals surface area contributed by atoms with Crippen LogP contribution >= 0.6 is 0 Å². The van der Waals surface area contributed by atoms with E-state index < -0.39 is 90.9 Å². The highest BCUT2D eigenvalue weighted by atomic mass is 19.4. The van der Waals surface area contributed by atoms with Crippen LogP contribution in [0.25, 0.3) is 89.5 Å². The van der Waals surface area contributed by atoms with Crippen LogP contribution in [0.4, 0.5) is 13.2 Å². The van der Waals surface area contributed by atoms with E-state index in [4.69, 9.17) is 41.1 Å². The molecule has 7 heteroatoms. The summed E-state index contributed by atoms with van der Waals surface area (Å²) in [6, 6.07) is 48.2. The first-order valence-corrected chi connectivity index (χ1v) is 36.6. The molecule has 4 aromatic heterocycles. The molecule has 4 heterocycles. The fourth-order valence-electron chi connectivity index (χ4n) is 13.2. The largest absolute Gasteiger partial charge is 0.394 e. The lowest BCUT2D eigenvalue weighted by atomic mass is 9.84. The van der Waals surface area contributed by atoms with Crippen LogP contribution in [0, 0.1) is 134 Å². The van der Waals surface area contributed by atoms with Gasteiger partial charge in [0.05, 0.1) is 5.41 Å². The molecule has 0 unspecified atom stereocenters. The van der Waals surface area contributed by atoms with E-state index in [-0.39, 0.29) is 44.9 Å². The molecule has 12 aromatic rings. The maximum Gasteiger partial charge on any atom is 0.394 e. The molecule has 0 aliphatic heterocycles. The maximum absolute atomic E-state index is 13.6. The molecule has 8 aromatic carbocycles. The molecule has 0 amide bonds. The molecule has 0 N–H and O–H groups in total. The van der Waals surface area contributed by atoms with E-state index in [0.29, 0.717) is 100 Å². The summed E-state index contributed by atoms with van der Waals surface area (Å²) in [4.78, 5) is 0. The van der Waals surface area contributed by atoms with E-state index in [1.807, 2.05) is 130 Å². The highest BCUT2D eigenvalue weighted by Crippen LogP contribution is 2.42. The van der Waals surface area contributed by atoms with Gasteiger partial charge in [0.1, 0.15) is 28.2 Å². The lowest BCUT2D eigenvalue weighted by Gasteiger charge is -2.27. The van der Waals surface area contributed by atoms with Crippen LogP contribution in [0.2, 0.25) is 0 Å². The van der Waals surface area contributed by atoms with Crippen LogP contribution in [-0.2, 0) is 47.3 Å². The summed E-state index contributed by atoms with van der Waals surface area (Å²) < 4.78 is 288. The Hall–Kier alpha value is -9.85. The summed E-state index contributed by atoms with van der Waals surface area (Å²) in [5.41, 5.74) is 16.8. The van der Waals surface area contributed by atoms with Gasteiger partial charge in [-0.2, -0.15) is 13.2 Å². The highest BCUT2D eigenvalue weighted by Gasteiger charge is 2.47. The lowest BCUT2D eigenvalue weighted by molar-refractivity contribution is -0.660. The van der Waals surface area contributed by atoms with Gasteiger partial charge >= 0.3 is 6.18 Å². The normalized spacial score (nSPS) is 16.9. The van der Waals surface area contributed by atoms with Gasteiger partial charge in [-0.3, -0.25) is 0 Å². The fourth-order valence-corrected chi connectivity index (χ4v) is 13.2. The minimum absolute atomic E-state index is 0.0358. The Labute approximate surface area is 701 Å². The number of nitrogens with zero attached hydrogens (tertiary/aromatic N) is 4. The summed E-state index contributed by atoms with van der Waals surface area (Å²) in [5, 5.41) is 0. The maximum atomic E-state index is 13.6. The summed E-state index contributed by atoms with van der Waals surface area (Å²) in [7, 11) is 7.07. The van der Waals surface area contributed by atoms with E-state index in [1.165, 1.54) is 36.5 Å². The van der Waals surface area contributed by atoms with Gasteiger partial charge in [-0.1, -0.05) is 175 Å². The van der Waals surface area contributed by atoms with Gasteiger partial charge in [-0.15, -0.1) is 0 Å². The van der Waals surface area contributed by atoms with Gasteiger partial charge in [0.15, 0.2) is 24.8 Å². The Kier molecular flexibility index (Phi) is 16.2. The van der Waals surface area contributed by atoms with E-state index >= 15 is 0 Å². The molecule has 572 valence electrons. The Bertz CT molecular complexity index is 6600. The zero-order valence-corrected chi connectivity index (χ0v) is 67.0. The Balaban J connectivity index is 0.000000209.